The van der Waals surface area contributed by atoms with Gasteiger partial charge in [0.1, 0.15) is 5.76 Å². The summed E-state index contributed by atoms with van der Waals surface area (Å²) >= 11 is 5.93. The SMILES string of the molecule is CCc1ccc(C2C(=C(O)c3ccc(Cl)cc3)C(=O)C(=O)N2CCOCCO)cc1. The Morgan fingerprint density at radius 2 is 1.73 bits per heavy atom. The predicted octanol–water partition coefficient (Wildman–Crippen LogP) is 3.33. The van der Waals surface area contributed by atoms with E-state index >= 15 is 0 Å². The number of aliphatic hydroxyl groups is 2. The van der Waals surface area contributed by atoms with Crippen molar-refractivity contribution in [2.75, 3.05) is 26.4 Å². The standard InChI is InChI=1S/C23H24ClNO5/c1-2-15-3-5-16(6-4-15)20-19(21(27)17-7-9-18(24)10-8-17)22(28)23(29)25(20)11-13-30-14-12-26/h3-10,20,26-27H,2,11-14H2,1H3. The Bertz CT molecular complexity index is 937. The van der Waals surface area contributed by atoms with Gasteiger partial charge in [0.15, 0.2) is 0 Å². The van der Waals surface area contributed by atoms with Crippen LogP contribution in [0.25, 0.3) is 5.76 Å². The summed E-state index contributed by atoms with van der Waals surface area (Å²) in [5.41, 5.74) is 2.29. The van der Waals surface area contributed by atoms with Gasteiger partial charge in [0, 0.05) is 17.1 Å². The molecule has 1 atom stereocenters. The van der Waals surface area contributed by atoms with Crippen molar-refractivity contribution in [3.05, 3.63) is 75.8 Å². The smallest absolute Gasteiger partial charge is 0.295 e. The number of hydrogen-bond donors (Lipinski definition) is 2. The van der Waals surface area contributed by atoms with Crippen molar-refractivity contribution >= 4 is 29.1 Å². The Kier molecular flexibility index (Phi) is 7.26. The Morgan fingerprint density at radius 3 is 2.33 bits per heavy atom. The van der Waals surface area contributed by atoms with Crippen molar-refractivity contribution < 1.29 is 24.5 Å². The largest absolute Gasteiger partial charge is 0.507 e. The maximum absolute atomic E-state index is 12.9. The molecule has 2 aromatic rings. The normalized spacial score (nSPS) is 18.2. The van der Waals surface area contributed by atoms with Gasteiger partial charge in [0.05, 0.1) is 31.4 Å². The molecule has 30 heavy (non-hydrogen) atoms. The van der Waals surface area contributed by atoms with Crippen LogP contribution in [-0.2, 0) is 20.7 Å². The number of benzene rings is 2. The van der Waals surface area contributed by atoms with Crippen molar-refractivity contribution in [3.63, 3.8) is 0 Å². The average Bonchev–Trinajstić information content (AvgIpc) is 3.01. The molecule has 1 aliphatic heterocycles. The lowest BCUT2D eigenvalue weighted by atomic mass is 9.94. The molecular formula is C23H24ClNO5. The van der Waals surface area contributed by atoms with Crippen molar-refractivity contribution in [1.29, 1.82) is 0 Å². The summed E-state index contributed by atoms with van der Waals surface area (Å²) in [6.07, 6.45) is 0.861. The number of Topliss-reactive ketones (excluding diaryl/α,β-unsaturated/α-hetero) is 1. The highest BCUT2D eigenvalue weighted by Crippen LogP contribution is 2.39. The third-order valence-corrected chi connectivity index (χ3v) is 5.33. The zero-order chi connectivity index (χ0) is 21.7. The third-order valence-electron chi connectivity index (χ3n) is 5.07. The van der Waals surface area contributed by atoms with Crippen LogP contribution >= 0.6 is 11.6 Å². The van der Waals surface area contributed by atoms with E-state index < -0.39 is 17.7 Å². The van der Waals surface area contributed by atoms with Crippen LogP contribution in [0.15, 0.2) is 54.1 Å². The first-order valence-electron chi connectivity index (χ1n) is 9.79. The molecule has 1 amide bonds. The highest BCUT2D eigenvalue weighted by Gasteiger charge is 2.45. The predicted molar refractivity (Wildman–Crippen MR) is 114 cm³/mol. The van der Waals surface area contributed by atoms with Gasteiger partial charge in [-0.1, -0.05) is 42.8 Å². The molecule has 0 saturated carbocycles. The number of likely N-dealkylation sites (tertiary alicyclic amines) is 1. The van der Waals surface area contributed by atoms with E-state index in [0.717, 1.165) is 17.5 Å². The van der Waals surface area contributed by atoms with Crippen LogP contribution in [-0.4, -0.2) is 53.2 Å². The van der Waals surface area contributed by atoms with Gasteiger partial charge in [-0.2, -0.15) is 0 Å². The van der Waals surface area contributed by atoms with Crippen LogP contribution < -0.4 is 0 Å². The molecule has 0 bridgehead atoms. The van der Waals surface area contributed by atoms with E-state index in [1.807, 2.05) is 31.2 Å². The Balaban J connectivity index is 2.05. The van der Waals surface area contributed by atoms with Gasteiger partial charge in [-0.15, -0.1) is 0 Å². The van der Waals surface area contributed by atoms with E-state index in [9.17, 15) is 14.7 Å². The molecule has 1 aliphatic rings. The highest BCUT2D eigenvalue weighted by atomic mass is 35.5. The first-order chi connectivity index (χ1) is 14.5. The summed E-state index contributed by atoms with van der Waals surface area (Å²) in [6, 6.07) is 13.3. The quantitative estimate of drug-likeness (QED) is 0.291. The Labute approximate surface area is 180 Å². The molecule has 2 N–H and O–H groups in total. The molecule has 1 unspecified atom stereocenters. The lowest BCUT2D eigenvalue weighted by molar-refractivity contribution is -0.140. The maximum Gasteiger partial charge on any atom is 0.295 e. The molecule has 3 rings (SSSR count). The lowest BCUT2D eigenvalue weighted by Crippen LogP contribution is -2.33. The van der Waals surface area contributed by atoms with Crippen LogP contribution in [0.5, 0.6) is 0 Å². The molecule has 0 aromatic heterocycles. The van der Waals surface area contributed by atoms with Crippen LogP contribution in [0, 0.1) is 0 Å². The summed E-state index contributed by atoms with van der Waals surface area (Å²) in [7, 11) is 0. The van der Waals surface area contributed by atoms with E-state index in [0.29, 0.717) is 10.6 Å². The first-order valence-corrected chi connectivity index (χ1v) is 10.2. The van der Waals surface area contributed by atoms with E-state index in [1.165, 1.54) is 4.90 Å². The molecule has 1 saturated heterocycles. The van der Waals surface area contributed by atoms with Crippen LogP contribution in [0.2, 0.25) is 5.02 Å². The summed E-state index contributed by atoms with van der Waals surface area (Å²) in [4.78, 5) is 27.1. The molecule has 0 radical (unpaired) electrons. The first kappa shape index (κ1) is 22.0. The molecule has 0 spiro atoms. The van der Waals surface area contributed by atoms with Gasteiger partial charge >= 0.3 is 0 Å². The number of aliphatic hydroxyl groups excluding tert-OH is 2. The van der Waals surface area contributed by atoms with Gasteiger partial charge in [-0.3, -0.25) is 9.59 Å². The maximum atomic E-state index is 12.9. The minimum Gasteiger partial charge on any atom is -0.507 e. The van der Waals surface area contributed by atoms with E-state index in [4.69, 9.17) is 21.4 Å². The van der Waals surface area contributed by atoms with Crippen molar-refractivity contribution in [1.82, 2.24) is 4.90 Å². The number of halogens is 1. The molecule has 158 valence electrons. The summed E-state index contributed by atoms with van der Waals surface area (Å²) < 4.78 is 5.29. The van der Waals surface area contributed by atoms with Crippen molar-refractivity contribution in [3.8, 4) is 0 Å². The van der Waals surface area contributed by atoms with Gasteiger partial charge in [-0.05, 0) is 41.8 Å². The second-order valence-electron chi connectivity index (χ2n) is 6.93. The topological polar surface area (TPSA) is 87.1 Å². The second-order valence-corrected chi connectivity index (χ2v) is 7.37. The minimum atomic E-state index is -0.742. The summed E-state index contributed by atoms with van der Waals surface area (Å²) in [5.74, 6) is -1.68. The monoisotopic (exact) mass is 429 g/mol. The van der Waals surface area contributed by atoms with Crippen molar-refractivity contribution in [2.24, 2.45) is 0 Å². The number of hydrogen-bond acceptors (Lipinski definition) is 5. The fourth-order valence-corrected chi connectivity index (χ4v) is 3.61. The Hall–Kier alpha value is -2.67. The van der Waals surface area contributed by atoms with Crippen LogP contribution in [0.3, 0.4) is 0 Å². The van der Waals surface area contributed by atoms with E-state index in [-0.39, 0.29) is 37.7 Å². The number of rotatable bonds is 8. The minimum absolute atomic E-state index is 0.0359. The molecule has 2 aromatic carbocycles. The Morgan fingerprint density at radius 1 is 1.07 bits per heavy atom. The zero-order valence-electron chi connectivity index (χ0n) is 16.7. The number of ether oxygens (including phenoxy) is 1. The van der Waals surface area contributed by atoms with Gasteiger partial charge in [0.2, 0.25) is 0 Å². The number of carbonyl (C=O) groups excluding carboxylic acids is 2. The van der Waals surface area contributed by atoms with Crippen LogP contribution in [0.1, 0.15) is 29.7 Å². The average molecular weight is 430 g/mol. The fourth-order valence-electron chi connectivity index (χ4n) is 3.49. The highest BCUT2D eigenvalue weighted by molar-refractivity contribution is 6.46. The zero-order valence-corrected chi connectivity index (χ0v) is 17.4. The second kappa shape index (κ2) is 9.89. The number of aryl methyl sites for hydroxylation is 1. The molecule has 0 aliphatic carbocycles. The molecule has 1 heterocycles. The summed E-state index contributed by atoms with van der Waals surface area (Å²) in [5, 5.41) is 20.3. The summed E-state index contributed by atoms with van der Waals surface area (Å²) in [6.45, 7) is 2.38. The van der Waals surface area contributed by atoms with Gasteiger partial charge in [0.25, 0.3) is 11.7 Å². The molecular weight excluding hydrogens is 406 g/mol. The number of ketones is 1. The van der Waals surface area contributed by atoms with Crippen LogP contribution in [0.4, 0.5) is 0 Å². The lowest BCUT2D eigenvalue weighted by Gasteiger charge is -2.25. The van der Waals surface area contributed by atoms with Gasteiger partial charge in [-0.25, -0.2) is 0 Å². The van der Waals surface area contributed by atoms with E-state index in [1.54, 1.807) is 24.3 Å². The van der Waals surface area contributed by atoms with E-state index in [2.05, 4.69) is 0 Å². The molecule has 6 nitrogen and oxygen atoms in total. The number of nitrogens with zero attached hydrogens (tertiary/aromatic N) is 1. The number of carbonyl (C=O) groups is 2. The van der Waals surface area contributed by atoms with Crippen molar-refractivity contribution in [2.45, 2.75) is 19.4 Å². The molecule has 1 fully saturated rings. The fraction of sp³-hybridized carbons (Fsp3) is 0.304. The third kappa shape index (κ3) is 4.56. The number of amides is 1. The molecule has 7 heteroatoms. The van der Waals surface area contributed by atoms with Gasteiger partial charge < -0.3 is 19.8 Å².